The maximum absolute atomic E-state index is 12.7. The van der Waals surface area contributed by atoms with E-state index in [0.717, 1.165) is 36.8 Å². The van der Waals surface area contributed by atoms with Crippen LogP contribution in [0.5, 0.6) is 0 Å². The summed E-state index contributed by atoms with van der Waals surface area (Å²) in [5.74, 6) is 0.841. The maximum atomic E-state index is 12.7. The fraction of sp³-hybridized carbons (Fsp3) is 0.591. The lowest BCUT2D eigenvalue weighted by Crippen LogP contribution is -2.50. The second kappa shape index (κ2) is 13.1. The van der Waals surface area contributed by atoms with Crippen LogP contribution >= 0.6 is 35.6 Å². The first-order valence-electron chi connectivity index (χ1n) is 11.1. The molecule has 10 heteroatoms. The van der Waals surface area contributed by atoms with Crippen molar-refractivity contribution in [2.75, 3.05) is 57.3 Å². The largest absolute Gasteiger partial charge is 0.368 e. The number of rotatable bonds is 6. The lowest BCUT2D eigenvalue weighted by Gasteiger charge is -2.36. The number of carbonyl (C=O) groups is 2. The topological polar surface area (TPSA) is 80.3 Å². The van der Waals surface area contributed by atoms with E-state index in [1.165, 1.54) is 0 Å². The number of guanidine groups is 1. The minimum atomic E-state index is 0. The van der Waals surface area contributed by atoms with Gasteiger partial charge in [0.1, 0.15) is 6.54 Å². The summed E-state index contributed by atoms with van der Waals surface area (Å²) in [6.45, 7) is 9.09. The second-order valence-corrected chi connectivity index (χ2v) is 8.30. The van der Waals surface area contributed by atoms with Crippen molar-refractivity contribution in [2.45, 2.75) is 32.7 Å². The maximum Gasteiger partial charge on any atom is 0.244 e. The van der Waals surface area contributed by atoms with Crippen molar-refractivity contribution in [3.63, 3.8) is 0 Å². The van der Waals surface area contributed by atoms with Gasteiger partial charge in [-0.3, -0.25) is 9.59 Å². The van der Waals surface area contributed by atoms with E-state index in [0.29, 0.717) is 38.6 Å². The predicted octanol–water partition coefficient (Wildman–Crippen LogP) is 2.17. The number of aliphatic imine (C=N–C) groups is 1. The normalized spacial score (nSPS) is 18.9. The summed E-state index contributed by atoms with van der Waals surface area (Å²) in [5, 5.41) is 7.30. The highest BCUT2D eigenvalue weighted by atomic mass is 127. The molecule has 0 bridgehead atoms. The highest BCUT2D eigenvalue weighted by molar-refractivity contribution is 14.0. The van der Waals surface area contributed by atoms with Crippen LogP contribution in [0.3, 0.4) is 0 Å². The average molecular weight is 577 g/mol. The zero-order chi connectivity index (χ0) is 22.2. The Morgan fingerprint density at radius 3 is 2.34 bits per heavy atom. The number of halogens is 2. The van der Waals surface area contributed by atoms with E-state index < -0.39 is 0 Å². The van der Waals surface area contributed by atoms with Gasteiger partial charge in [0.15, 0.2) is 5.96 Å². The molecule has 2 amide bonds. The van der Waals surface area contributed by atoms with Crippen LogP contribution in [0.25, 0.3) is 0 Å². The van der Waals surface area contributed by atoms with Gasteiger partial charge in [-0.1, -0.05) is 18.5 Å². The Morgan fingerprint density at radius 1 is 1.03 bits per heavy atom. The van der Waals surface area contributed by atoms with Crippen molar-refractivity contribution in [3.8, 4) is 0 Å². The number of carbonyl (C=O) groups excluding carboxylic acids is 2. The van der Waals surface area contributed by atoms with Crippen molar-refractivity contribution in [1.29, 1.82) is 0 Å². The number of hydrogen-bond donors (Lipinski definition) is 2. The Labute approximate surface area is 212 Å². The molecular formula is C22H34ClIN6O2. The van der Waals surface area contributed by atoms with Crippen LogP contribution in [-0.4, -0.2) is 86.0 Å². The molecule has 0 aliphatic carbocycles. The highest BCUT2D eigenvalue weighted by Gasteiger charge is 2.26. The van der Waals surface area contributed by atoms with E-state index in [1.54, 1.807) is 0 Å². The van der Waals surface area contributed by atoms with Gasteiger partial charge in [-0.05, 0) is 37.6 Å². The zero-order valence-electron chi connectivity index (χ0n) is 18.8. The monoisotopic (exact) mass is 576 g/mol. The molecule has 1 unspecified atom stereocenters. The number of piperazine rings is 1. The predicted molar refractivity (Wildman–Crippen MR) is 140 cm³/mol. The van der Waals surface area contributed by atoms with Crippen LogP contribution in [-0.2, 0) is 9.59 Å². The first-order chi connectivity index (χ1) is 15.0. The van der Waals surface area contributed by atoms with Gasteiger partial charge in [0, 0.05) is 69.0 Å². The summed E-state index contributed by atoms with van der Waals surface area (Å²) in [7, 11) is 0. The fourth-order valence-electron chi connectivity index (χ4n) is 3.95. The first kappa shape index (κ1) is 26.5. The van der Waals surface area contributed by atoms with E-state index >= 15 is 0 Å². The molecular weight excluding hydrogens is 543 g/mol. The van der Waals surface area contributed by atoms with Crippen molar-refractivity contribution in [1.82, 2.24) is 20.4 Å². The molecule has 2 fully saturated rings. The summed E-state index contributed by atoms with van der Waals surface area (Å²) in [4.78, 5) is 35.1. The Hall–Kier alpha value is -1.75. The van der Waals surface area contributed by atoms with Crippen molar-refractivity contribution < 1.29 is 9.59 Å². The van der Waals surface area contributed by atoms with Gasteiger partial charge in [0.05, 0.1) is 0 Å². The molecule has 2 N–H and O–H groups in total. The van der Waals surface area contributed by atoms with Crippen LogP contribution in [0.4, 0.5) is 5.69 Å². The molecule has 2 heterocycles. The molecule has 178 valence electrons. The van der Waals surface area contributed by atoms with E-state index in [2.05, 4.69) is 20.5 Å². The summed E-state index contributed by atoms with van der Waals surface area (Å²) in [5.41, 5.74) is 1.13. The van der Waals surface area contributed by atoms with Crippen LogP contribution < -0.4 is 15.5 Å². The van der Waals surface area contributed by atoms with Gasteiger partial charge >= 0.3 is 0 Å². The van der Waals surface area contributed by atoms with E-state index in [4.69, 9.17) is 11.6 Å². The third-order valence-corrected chi connectivity index (χ3v) is 5.98. The molecule has 8 nitrogen and oxygen atoms in total. The second-order valence-electron chi connectivity index (χ2n) is 7.86. The summed E-state index contributed by atoms with van der Waals surface area (Å²) in [6, 6.07) is 7.96. The third-order valence-electron chi connectivity index (χ3n) is 5.73. The molecule has 0 spiro atoms. The third kappa shape index (κ3) is 7.40. The van der Waals surface area contributed by atoms with Crippen molar-refractivity contribution in [3.05, 3.63) is 29.3 Å². The molecule has 1 aromatic carbocycles. The van der Waals surface area contributed by atoms with Crippen molar-refractivity contribution in [2.24, 2.45) is 4.99 Å². The number of likely N-dealkylation sites (tertiary alicyclic amines) is 1. The number of nitrogens with zero attached hydrogens (tertiary/aromatic N) is 4. The minimum absolute atomic E-state index is 0. The number of hydrogen-bond acceptors (Lipinski definition) is 4. The SMILES string of the molecule is CCNC(=NCC(=O)N1CCN(c2ccc(Cl)cc2)CC1)NC1CCN(C(=O)CC)C1.I. The lowest BCUT2D eigenvalue weighted by molar-refractivity contribution is -0.130. The average Bonchev–Trinajstić information content (AvgIpc) is 3.26. The standard InChI is InChI=1S/C22H33ClN6O2.HI/c1-3-20(30)29-10-9-18(16-29)26-22(24-4-2)25-15-21(31)28-13-11-27(12-14-28)19-7-5-17(23)6-8-19;/h5-8,18H,3-4,9-16H2,1-2H3,(H2,24,25,26);1H. The number of amides is 2. The highest BCUT2D eigenvalue weighted by Crippen LogP contribution is 2.19. The molecule has 1 aromatic rings. The van der Waals surface area contributed by atoms with Gasteiger partial charge < -0.3 is 25.3 Å². The molecule has 1 atom stereocenters. The molecule has 32 heavy (non-hydrogen) atoms. The Kier molecular flexibility index (Phi) is 10.8. The van der Waals surface area contributed by atoms with Crippen LogP contribution in [0, 0.1) is 0 Å². The zero-order valence-corrected chi connectivity index (χ0v) is 21.9. The smallest absolute Gasteiger partial charge is 0.244 e. The Balaban J connectivity index is 0.00000363. The summed E-state index contributed by atoms with van der Waals surface area (Å²) >= 11 is 5.97. The molecule has 2 saturated heterocycles. The number of anilines is 1. The van der Waals surface area contributed by atoms with Gasteiger partial charge in [0.25, 0.3) is 0 Å². The molecule has 0 radical (unpaired) electrons. The first-order valence-corrected chi connectivity index (χ1v) is 11.5. The fourth-order valence-corrected chi connectivity index (χ4v) is 4.08. The minimum Gasteiger partial charge on any atom is -0.368 e. The molecule has 0 saturated carbocycles. The van der Waals surface area contributed by atoms with Crippen LogP contribution in [0.2, 0.25) is 5.02 Å². The van der Waals surface area contributed by atoms with Gasteiger partial charge in [-0.2, -0.15) is 0 Å². The van der Waals surface area contributed by atoms with E-state index in [-0.39, 0.29) is 48.4 Å². The van der Waals surface area contributed by atoms with Crippen LogP contribution in [0.15, 0.2) is 29.3 Å². The van der Waals surface area contributed by atoms with Crippen molar-refractivity contribution >= 4 is 59.0 Å². The lowest BCUT2D eigenvalue weighted by atomic mass is 10.2. The number of benzene rings is 1. The van der Waals surface area contributed by atoms with Crippen LogP contribution in [0.1, 0.15) is 26.7 Å². The number of nitrogens with one attached hydrogen (secondary N) is 2. The molecule has 3 rings (SSSR count). The van der Waals surface area contributed by atoms with Gasteiger partial charge in [-0.15, -0.1) is 24.0 Å². The quantitative estimate of drug-likeness (QED) is 0.308. The summed E-state index contributed by atoms with van der Waals surface area (Å²) in [6.07, 6.45) is 1.41. The summed E-state index contributed by atoms with van der Waals surface area (Å²) < 4.78 is 0. The van der Waals surface area contributed by atoms with Gasteiger partial charge in [-0.25, -0.2) is 4.99 Å². The van der Waals surface area contributed by atoms with Gasteiger partial charge in [0.2, 0.25) is 11.8 Å². The molecule has 2 aliphatic heterocycles. The Morgan fingerprint density at radius 2 is 1.72 bits per heavy atom. The molecule has 0 aromatic heterocycles. The molecule has 2 aliphatic rings. The Bertz CT molecular complexity index is 783. The van der Waals surface area contributed by atoms with E-state index in [9.17, 15) is 9.59 Å². The van der Waals surface area contributed by atoms with E-state index in [1.807, 2.05) is 47.9 Å².